The first-order valence-electron chi connectivity index (χ1n) is 9.30. The number of aromatic nitrogens is 1. The quantitative estimate of drug-likeness (QED) is 0.318. The van der Waals surface area contributed by atoms with Crippen LogP contribution < -0.4 is 0 Å². The average Bonchev–Trinajstić information content (AvgIpc) is 3.31. The summed E-state index contributed by atoms with van der Waals surface area (Å²) in [4.78, 5) is 0. The van der Waals surface area contributed by atoms with Crippen LogP contribution in [0.1, 0.15) is 0 Å². The lowest BCUT2D eigenvalue weighted by atomic mass is 9.92. The SMILES string of the molecule is c1ccc(-c2cc3c(cc2-c2ccccc2)c2ccc4cccc3n42)cc1. The summed E-state index contributed by atoms with van der Waals surface area (Å²) >= 11 is 0. The van der Waals surface area contributed by atoms with Gasteiger partial charge in [-0.05, 0) is 58.7 Å². The van der Waals surface area contributed by atoms with Crippen molar-refractivity contribution in [1.29, 1.82) is 0 Å². The standard InChI is InChI=1S/C26H17N/c1-3-8-18(9-4-1)21-16-23-24(17-22(21)19-10-5-2-6-11-19)26-15-14-20-12-7-13-25(23)27(20)26/h1-17H. The molecule has 0 radical (unpaired) electrons. The van der Waals surface area contributed by atoms with Gasteiger partial charge in [0.25, 0.3) is 0 Å². The van der Waals surface area contributed by atoms with Crippen LogP contribution >= 0.6 is 0 Å². The number of benzene rings is 3. The van der Waals surface area contributed by atoms with Gasteiger partial charge in [-0.15, -0.1) is 0 Å². The lowest BCUT2D eigenvalue weighted by Crippen LogP contribution is -1.85. The zero-order valence-corrected chi connectivity index (χ0v) is 14.8. The van der Waals surface area contributed by atoms with Crippen LogP contribution in [-0.4, -0.2) is 4.40 Å². The third-order valence-corrected chi connectivity index (χ3v) is 5.55. The first-order chi connectivity index (χ1) is 13.4. The molecule has 3 heterocycles. The Kier molecular flexibility index (Phi) is 2.95. The predicted octanol–water partition coefficient (Wildman–Crippen LogP) is 7.02. The van der Waals surface area contributed by atoms with E-state index in [4.69, 9.17) is 0 Å². The minimum Gasteiger partial charge on any atom is -0.309 e. The molecule has 0 saturated heterocycles. The molecule has 0 aliphatic carbocycles. The molecule has 0 N–H and O–H groups in total. The number of fused-ring (bicyclic) bond motifs is 3. The molecule has 3 aromatic carbocycles. The molecule has 0 saturated carbocycles. The van der Waals surface area contributed by atoms with Crippen molar-refractivity contribution >= 4 is 27.3 Å². The van der Waals surface area contributed by atoms with Gasteiger partial charge >= 0.3 is 0 Å². The number of pyridine rings is 1. The van der Waals surface area contributed by atoms with Crippen molar-refractivity contribution in [2.45, 2.75) is 0 Å². The Hall–Kier alpha value is -3.58. The summed E-state index contributed by atoms with van der Waals surface area (Å²) in [6, 6.07) is 37.1. The maximum atomic E-state index is 2.37. The van der Waals surface area contributed by atoms with Gasteiger partial charge < -0.3 is 4.40 Å². The molecule has 27 heavy (non-hydrogen) atoms. The highest BCUT2D eigenvalue weighted by Gasteiger charge is 2.16. The number of nitrogens with zero attached hydrogens (tertiary/aromatic N) is 1. The molecule has 0 atom stereocenters. The summed E-state index contributed by atoms with van der Waals surface area (Å²) in [5, 5.41) is 2.63. The summed E-state index contributed by atoms with van der Waals surface area (Å²) in [7, 11) is 0. The molecule has 6 rings (SSSR count). The molecule has 6 aromatic rings. The van der Waals surface area contributed by atoms with Gasteiger partial charge in [-0.3, -0.25) is 0 Å². The Morgan fingerprint density at radius 3 is 1.59 bits per heavy atom. The summed E-state index contributed by atoms with van der Waals surface area (Å²) in [5.74, 6) is 0. The van der Waals surface area contributed by atoms with Crippen LogP contribution in [-0.2, 0) is 0 Å². The van der Waals surface area contributed by atoms with Crippen molar-refractivity contribution in [3.05, 3.63) is 103 Å². The zero-order valence-electron chi connectivity index (χ0n) is 14.8. The van der Waals surface area contributed by atoms with Gasteiger partial charge in [0.15, 0.2) is 0 Å². The van der Waals surface area contributed by atoms with E-state index >= 15 is 0 Å². The van der Waals surface area contributed by atoms with Crippen molar-refractivity contribution in [2.75, 3.05) is 0 Å². The number of hydrogen-bond donors (Lipinski definition) is 0. The van der Waals surface area contributed by atoms with Crippen molar-refractivity contribution in [2.24, 2.45) is 0 Å². The molecule has 0 spiro atoms. The van der Waals surface area contributed by atoms with E-state index in [0.29, 0.717) is 0 Å². The summed E-state index contributed by atoms with van der Waals surface area (Å²) in [6.45, 7) is 0. The topological polar surface area (TPSA) is 4.41 Å². The van der Waals surface area contributed by atoms with Gasteiger partial charge in [0, 0.05) is 16.3 Å². The third-order valence-electron chi connectivity index (χ3n) is 5.55. The normalized spacial score (nSPS) is 11.7. The van der Waals surface area contributed by atoms with Crippen LogP contribution in [0.15, 0.2) is 103 Å². The highest BCUT2D eigenvalue weighted by molar-refractivity contribution is 6.13. The zero-order chi connectivity index (χ0) is 17.8. The predicted molar refractivity (Wildman–Crippen MR) is 114 cm³/mol. The van der Waals surface area contributed by atoms with E-state index in [1.165, 1.54) is 49.6 Å². The summed E-state index contributed by atoms with van der Waals surface area (Å²) < 4.78 is 2.37. The first-order valence-corrected chi connectivity index (χ1v) is 9.30. The maximum absolute atomic E-state index is 2.37. The molecular weight excluding hydrogens is 326 g/mol. The smallest absolute Gasteiger partial charge is 0.0542 e. The Bertz CT molecular complexity index is 1330. The average molecular weight is 343 g/mol. The van der Waals surface area contributed by atoms with E-state index in [9.17, 15) is 0 Å². The summed E-state index contributed by atoms with van der Waals surface area (Å²) in [5.41, 5.74) is 8.88. The largest absolute Gasteiger partial charge is 0.309 e. The van der Waals surface area contributed by atoms with E-state index in [2.05, 4.69) is 108 Å². The monoisotopic (exact) mass is 343 g/mol. The minimum atomic E-state index is 1.25. The second-order valence-electron chi connectivity index (χ2n) is 7.07. The van der Waals surface area contributed by atoms with Crippen LogP contribution in [0, 0.1) is 0 Å². The second-order valence-corrected chi connectivity index (χ2v) is 7.07. The molecule has 0 bridgehead atoms. The Morgan fingerprint density at radius 1 is 0.444 bits per heavy atom. The summed E-state index contributed by atoms with van der Waals surface area (Å²) in [6.07, 6.45) is 0. The molecule has 3 aromatic heterocycles. The second kappa shape index (κ2) is 5.46. The Morgan fingerprint density at radius 2 is 1.00 bits per heavy atom. The van der Waals surface area contributed by atoms with E-state index in [1.807, 2.05) is 0 Å². The molecule has 126 valence electrons. The molecule has 1 heteroatoms. The fourth-order valence-corrected chi connectivity index (χ4v) is 4.32. The Labute approximate surface area is 157 Å². The van der Waals surface area contributed by atoms with Crippen LogP contribution in [0.2, 0.25) is 0 Å². The van der Waals surface area contributed by atoms with Gasteiger partial charge in [0.1, 0.15) is 0 Å². The molecule has 0 aliphatic rings. The van der Waals surface area contributed by atoms with Crippen molar-refractivity contribution < 1.29 is 0 Å². The molecule has 0 amide bonds. The van der Waals surface area contributed by atoms with E-state index in [-0.39, 0.29) is 0 Å². The highest BCUT2D eigenvalue weighted by atomic mass is 14.9. The van der Waals surface area contributed by atoms with Gasteiger partial charge in [0.05, 0.1) is 11.0 Å². The van der Waals surface area contributed by atoms with Crippen LogP contribution in [0.25, 0.3) is 49.6 Å². The third kappa shape index (κ3) is 2.06. The van der Waals surface area contributed by atoms with Crippen molar-refractivity contribution in [3.63, 3.8) is 0 Å². The molecular formula is C26H17N. The lowest BCUT2D eigenvalue weighted by molar-refractivity contribution is 1.36. The van der Waals surface area contributed by atoms with Crippen LogP contribution in [0.4, 0.5) is 0 Å². The van der Waals surface area contributed by atoms with E-state index < -0.39 is 0 Å². The minimum absolute atomic E-state index is 1.25. The van der Waals surface area contributed by atoms with Crippen molar-refractivity contribution in [1.82, 2.24) is 4.40 Å². The first kappa shape index (κ1) is 14.6. The maximum Gasteiger partial charge on any atom is 0.0542 e. The van der Waals surface area contributed by atoms with Crippen LogP contribution in [0.3, 0.4) is 0 Å². The van der Waals surface area contributed by atoms with Gasteiger partial charge in [0.2, 0.25) is 0 Å². The van der Waals surface area contributed by atoms with Crippen LogP contribution in [0.5, 0.6) is 0 Å². The van der Waals surface area contributed by atoms with E-state index in [0.717, 1.165) is 0 Å². The van der Waals surface area contributed by atoms with Gasteiger partial charge in [-0.1, -0.05) is 66.7 Å². The highest BCUT2D eigenvalue weighted by Crippen LogP contribution is 2.40. The van der Waals surface area contributed by atoms with Crippen molar-refractivity contribution in [3.8, 4) is 22.3 Å². The number of hydrogen-bond acceptors (Lipinski definition) is 0. The Balaban J connectivity index is 1.79. The molecule has 0 aliphatic heterocycles. The van der Waals surface area contributed by atoms with Gasteiger partial charge in [-0.2, -0.15) is 0 Å². The molecule has 1 nitrogen and oxygen atoms in total. The molecule has 0 fully saturated rings. The van der Waals surface area contributed by atoms with Gasteiger partial charge in [-0.25, -0.2) is 0 Å². The lowest BCUT2D eigenvalue weighted by Gasteiger charge is -2.11. The number of rotatable bonds is 2. The fraction of sp³-hybridized carbons (Fsp3) is 0. The van der Waals surface area contributed by atoms with E-state index in [1.54, 1.807) is 0 Å². The molecule has 0 unspecified atom stereocenters. The fourth-order valence-electron chi connectivity index (χ4n) is 4.32.